The zero-order chi connectivity index (χ0) is 12.3. The molecule has 0 aliphatic carbocycles. The molecule has 0 amide bonds. The molecule has 0 unspecified atom stereocenters. The minimum Gasteiger partial charge on any atom is -0.496 e. The predicted octanol–water partition coefficient (Wildman–Crippen LogP) is 3.09. The van der Waals surface area contributed by atoms with Crippen molar-refractivity contribution in [3.8, 4) is 5.75 Å². The quantitative estimate of drug-likeness (QED) is 0.848. The van der Waals surface area contributed by atoms with Crippen LogP contribution < -0.4 is 4.74 Å². The Hall–Kier alpha value is -1.02. The second kappa shape index (κ2) is 4.88. The Kier molecular flexibility index (Phi) is 3.98. The second-order valence-electron chi connectivity index (χ2n) is 5.12. The first-order chi connectivity index (χ1) is 7.44. The zero-order valence-electron chi connectivity index (χ0n) is 10.9. The van der Waals surface area contributed by atoms with Crippen LogP contribution in [0.2, 0.25) is 0 Å². The molecule has 0 atom stereocenters. The molecule has 0 saturated carbocycles. The van der Waals surface area contributed by atoms with Gasteiger partial charge in [0.05, 0.1) is 13.7 Å². The molecule has 1 N–H and O–H groups in total. The van der Waals surface area contributed by atoms with Crippen molar-refractivity contribution in [2.24, 2.45) is 0 Å². The van der Waals surface area contributed by atoms with Crippen molar-refractivity contribution in [1.29, 1.82) is 0 Å². The van der Waals surface area contributed by atoms with Gasteiger partial charge in [-0.3, -0.25) is 0 Å². The van der Waals surface area contributed by atoms with Gasteiger partial charge in [-0.1, -0.05) is 45.9 Å². The highest BCUT2D eigenvalue weighted by atomic mass is 16.5. The van der Waals surface area contributed by atoms with Crippen LogP contribution in [0.15, 0.2) is 18.2 Å². The van der Waals surface area contributed by atoms with Crippen LogP contribution >= 0.6 is 0 Å². The molecule has 0 heterocycles. The SMILES string of the molecule is COc1c(C(C)C)cccc1C(C)(C)CO. The third-order valence-electron chi connectivity index (χ3n) is 3.00. The summed E-state index contributed by atoms with van der Waals surface area (Å²) in [5.41, 5.74) is 2.00. The van der Waals surface area contributed by atoms with Gasteiger partial charge in [-0.15, -0.1) is 0 Å². The summed E-state index contributed by atoms with van der Waals surface area (Å²) in [5, 5.41) is 9.44. The number of benzene rings is 1. The van der Waals surface area contributed by atoms with Crippen molar-refractivity contribution in [3.05, 3.63) is 29.3 Å². The number of hydrogen-bond donors (Lipinski definition) is 1. The van der Waals surface area contributed by atoms with E-state index in [-0.39, 0.29) is 12.0 Å². The molecular formula is C14H22O2. The van der Waals surface area contributed by atoms with Crippen LogP contribution in [0, 0.1) is 0 Å². The van der Waals surface area contributed by atoms with E-state index in [2.05, 4.69) is 19.9 Å². The van der Waals surface area contributed by atoms with Gasteiger partial charge in [0.15, 0.2) is 0 Å². The van der Waals surface area contributed by atoms with Gasteiger partial charge in [-0.05, 0) is 11.5 Å². The van der Waals surface area contributed by atoms with Crippen molar-refractivity contribution in [3.63, 3.8) is 0 Å². The molecule has 2 nitrogen and oxygen atoms in total. The number of aliphatic hydroxyl groups excluding tert-OH is 1. The fraction of sp³-hybridized carbons (Fsp3) is 0.571. The Morgan fingerprint density at radius 3 is 2.38 bits per heavy atom. The number of hydrogen-bond acceptors (Lipinski definition) is 2. The highest BCUT2D eigenvalue weighted by Gasteiger charge is 2.25. The van der Waals surface area contributed by atoms with E-state index in [1.807, 2.05) is 26.0 Å². The maximum absolute atomic E-state index is 9.44. The maximum Gasteiger partial charge on any atom is 0.126 e. The normalized spacial score (nSPS) is 11.9. The minimum absolute atomic E-state index is 0.116. The monoisotopic (exact) mass is 222 g/mol. The predicted molar refractivity (Wildman–Crippen MR) is 67.2 cm³/mol. The van der Waals surface area contributed by atoms with Crippen molar-refractivity contribution >= 4 is 0 Å². The van der Waals surface area contributed by atoms with Crippen LogP contribution in [-0.2, 0) is 5.41 Å². The number of para-hydroxylation sites is 1. The lowest BCUT2D eigenvalue weighted by Gasteiger charge is -2.26. The van der Waals surface area contributed by atoms with Gasteiger partial charge in [0.25, 0.3) is 0 Å². The van der Waals surface area contributed by atoms with Crippen LogP contribution in [0.3, 0.4) is 0 Å². The molecule has 1 rings (SSSR count). The molecule has 0 spiro atoms. The van der Waals surface area contributed by atoms with Crippen molar-refractivity contribution in [2.45, 2.75) is 39.0 Å². The summed E-state index contributed by atoms with van der Waals surface area (Å²) in [4.78, 5) is 0. The first-order valence-corrected chi connectivity index (χ1v) is 5.72. The summed E-state index contributed by atoms with van der Waals surface area (Å²) >= 11 is 0. The summed E-state index contributed by atoms with van der Waals surface area (Å²) in [6.07, 6.45) is 0. The van der Waals surface area contributed by atoms with Gasteiger partial charge in [0.2, 0.25) is 0 Å². The van der Waals surface area contributed by atoms with E-state index >= 15 is 0 Å². The van der Waals surface area contributed by atoms with Crippen LogP contribution in [0.1, 0.15) is 44.7 Å². The first kappa shape index (κ1) is 13.0. The molecule has 1 aromatic rings. The molecule has 0 saturated heterocycles. The van der Waals surface area contributed by atoms with E-state index in [0.717, 1.165) is 11.3 Å². The third-order valence-corrected chi connectivity index (χ3v) is 3.00. The summed E-state index contributed by atoms with van der Waals surface area (Å²) in [7, 11) is 1.69. The molecular weight excluding hydrogens is 200 g/mol. The van der Waals surface area contributed by atoms with Crippen molar-refractivity contribution < 1.29 is 9.84 Å². The molecule has 16 heavy (non-hydrogen) atoms. The minimum atomic E-state index is -0.268. The summed E-state index contributed by atoms with van der Waals surface area (Å²) in [6, 6.07) is 6.14. The molecule has 0 aliphatic rings. The van der Waals surface area contributed by atoms with Crippen LogP contribution in [0.25, 0.3) is 0 Å². The van der Waals surface area contributed by atoms with Gasteiger partial charge in [0.1, 0.15) is 5.75 Å². The smallest absolute Gasteiger partial charge is 0.126 e. The van der Waals surface area contributed by atoms with Gasteiger partial charge in [-0.25, -0.2) is 0 Å². The van der Waals surface area contributed by atoms with E-state index < -0.39 is 0 Å². The highest BCUT2D eigenvalue weighted by molar-refractivity contribution is 5.46. The van der Waals surface area contributed by atoms with Crippen molar-refractivity contribution in [2.75, 3.05) is 13.7 Å². The van der Waals surface area contributed by atoms with Crippen LogP contribution in [0.5, 0.6) is 5.75 Å². The van der Waals surface area contributed by atoms with E-state index in [1.165, 1.54) is 5.56 Å². The average molecular weight is 222 g/mol. The van der Waals surface area contributed by atoms with E-state index in [0.29, 0.717) is 5.92 Å². The molecule has 0 bridgehead atoms. The van der Waals surface area contributed by atoms with Gasteiger partial charge in [-0.2, -0.15) is 0 Å². The largest absolute Gasteiger partial charge is 0.496 e. The lowest BCUT2D eigenvalue weighted by atomic mass is 9.82. The second-order valence-corrected chi connectivity index (χ2v) is 5.12. The fourth-order valence-electron chi connectivity index (χ4n) is 1.86. The molecule has 90 valence electrons. The zero-order valence-corrected chi connectivity index (χ0v) is 10.9. The first-order valence-electron chi connectivity index (χ1n) is 5.72. The standard InChI is InChI=1S/C14H22O2/c1-10(2)11-7-6-8-12(13(11)16-5)14(3,4)9-15/h6-8,10,15H,9H2,1-5H3. The Morgan fingerprint density at radius 2 is 1.94 bits per heavy atom. The lowest BCUT2D eigenvalue weighted by Crippen LogP contribution is -2.23. The Labute approximate surface area is 98.3 Å². The highest BCUT2D eigenvalue weighted by Crippen LogP contribution is 2.36. The topological polar surface area (TPSA) is 29.5 Å². The molecule has 0 fully saturated rings. The summed E-state index contributed by atoms with van der Waals surface area (Å²) in [5.74, 6) is 1.33. The average Bonchev–Trinajstić information content (AvgIpc) is 2.27. The molecule has 1 aromatic carbocycles. The Morgan fingerprint density at radius 1 is 1.31 bits per heavy atom. The van der Waals surface area contributed by atoms with E-state index in [1.54, 1.807) is 7.11 Å². The van der Waals surface area contributed by atoms with Crippen LogP contribution in [0.4, 0.5) is 0 Å². The molecule has 0 radical (unpaired) electrons. The molecule has 0 aliphatic heterocycles. The maximum atomic E-state index is 9.44. The Balaban J connectivity index is 3.35. The van der Waals surface area contributed by atoms with Gasteiger partial charge < -0.3 is 9.84 Å². The number of aliphatic hydroxyl groups is 1. The third kappa shape index (κ3) is 2.38. The van der Waals surface area contributed by atoms with E-state index in [9.17, 15) is 5.11 Å². The van der Waals surface area contributed by atoms with Crippen molar-refractivity contribution in [1.82, 2.24) is 0 Å². The van der Waals surface area contributed by atoms with Gasteiger partial charge in [0, 0.05) is 11.0 Å². The Bertz CT molecular complexity index is 354. The van der Waals surface area contributed by atoms with E-state index in [4.69, 9.17) is 4.74 Å². The number of ether oxygens (including phenoxy) is 1. The molecule has 0 aromatic heterocycles. The summed E-state index contributed by atoms with van der Waals surface area (Å²) < 4.78 is 5.51. The van der Waals surface area contributed by atoms with Crippen LogP contribution in [-0.4, -0.2) is 18.8 Å². The van der Waals surface area contributed by atoms with Gasteiger partial charge >= 0.3 is 0 Å². The number of methoxy groups -OCH3 is 1. The summed E-state index contributed by atoms with van der Waals surface area (Å²) in [6.45, 7) is 8.45. The lowest BCUT2D eigenvalue weighted by molar-refractivity contribution is 0.214. The fourth-order valence-corrected chi connectivity index (χ4v) is 1.86. The number of rotatable bonds is 4. The molecule has 2 heteroatoms.